The zero-order valence-corrected chi connectivity index (χ0v) is 13.5. The van der Waals surface area contributed by atoms with Gasteiger partial charge in [-0.25, -0.2) is 0 Å². The molecule has 2 rings (SSSR count). The monoisotopic (exact) mass is 294 g/mol. The van der Waals surface area contributed by atoms with Crippen molar-refractivity contribution in [3.63, 3.8) is 0 Å². The van der Waals surface area contributed by atoms with Crippen LogP contribution in [0.15, 0.2) is 0 Å². The molecule has 1 aliphatic heterocycles. The highest BCUT2D eigenvalue weighted by atomic mass is 16.5. The van der Waals surface area contributed by atoms with E-state index in [0.717, 1.165) is 45.1 Å². The Morgan fingerprint density at radius 3 is 2.38 bits per heavy atom. The van der Waals surface area contributed by atoms with Gasteiger partial charge in [0.05, 0.1) is 0 Å². The molecule has 0 aliphatic carbocycles. The zero-order chi connectivity index (χ0) is 15.2. The maximum atomic E-state index is 5.41. The van der Waals surface area contributed by atoms with Crippen molar-refractivity contribution in [3.05, 3.63) is 0 Å². The van der Waals surface area contributed by atoms with Gasteiger partial charge in [-0.15, -0.1) is 0 Å². The second-order valence-corrected chi connectivity index (χ2v) is 5.62. The number of ether oxygens (including phenoxy) is 1. The van der Waals surface area contributed by atoms with E-state index in [0.29, 0.717) is 17.8 Å². The topological polar surface area (TPSA) is 66.4 Å². The minimum Gasteiger partial charge on any atom is -0.381 e. The van der Waals surface area contributed by atoms with Crippen molar-refractivity contribution < 1.29 is 4.74 Å². The molecule has 0 amide bonds. The van der Waals surface area contributed by atoms with Crippen LogP contribution in [0, 0.1) is 5.92 Å². The van der Waals surface area contributed by atoms with Gasteiger partial charge in [-0.1, -0.05) is 0 Å². The second kappa shape index (κ2) is 7.40. The van der Waals surface area contributed by atoms with Gasteiger partial charge in [-0.05, 0) is 25.7 Å². The molecule has 1 N–H and O–H groups in total. The van der Waals surface area contributed by atoms with Gasteiger partial charge in [0.2, 0.25) is 17.8 Å². The first-order valence-electron chi connectivity index (χ1n) is 7.56. The summed E-state index contributed by atoms with van der Waals surface area (Å²) in [4.78, 5) is 17.5. The SMILES string of the molecule is CCNc1nc(N(C)C)nc(N(C)CC2CCOCC2)n1. The molecule has 2 heterocycles. The summed E-state index contributed by atoms with van der Waals surface area (Å²) in [6.45, 7) is 5.50. The molecule has 0 atom stereocenters. The van der Waals surface area contributed by atoms with E-state index in [1.165, 1.54) is 0 Å². The van der Waals surface area contributed by atoms with Crippen molar-refractivity contribution in [1.29, 1.82) is 0 Å². The van der Waals surface area contributed by atoms with Gasteiger partial charge in [0, 0.05) is 47.4 Å². The van der Waals surface area contributed by atoms with E-state index in [1.807, 2.05) is 33.0 Å². The Hall–Kier alpha value is -1.63. The fraction of sp³-hybridized carbons (Fsp3) is 0.786. The van der Waals surface area contributed by atoms with Gasteiger partial charge in [0.25, 0.3) is 0 Å². The molecule has 0 unspecified atom stereocenters. The van der Waals surface area contributed by atoms with E-state index in [-0.39, 0.29) is 0 Å². The fourth-order valence-electron chi connectivity index (χ4n) is 2.36. The molecule has 0 aromatic carbocycles. The zero-order valence-electron chi connectivity index (χ0n) is 13.5. The Morgan fingerprint density at radius 1 is 1.10 bits per heavy atom. The van der Waals surface area contributed by atoms with Crippen LogP contribution in [0.25, 0.3) is 0 Å². The third kappa shape index (κ3) is 4.42. The highest BCUT2D eigenvalue weighted by molar-refractivity contribution is 5.44. The Morgan fingerprint density at radius 2 is 1.76 bits per heavy atom. The molecule has 0 radical (unpaired) electrons. The van der Waals surface area contributed by atoms with Crippen LogP contribution in [0.2, 0.25) is 0 Å². The number of rotatable bonds is 6. The van der Waals surface area contributed by atoms with Gasteiger partial charge < -0.3 is 19.9 Å². The summed E-state index contributed by atoms with van der Waals surface area (Å²) >= 11 is 0. The molecular formula is C14H26N6O. The van der Waals surface area contributed by atoms with Crippen LogP contribution in [0.4, 0.5) is 17.8 Å². The van der Waals surface area contributed by atoms with Gasteiger partial charge in [-0.2, -0.15) is 15.0 Å². The molecule has 1 aliphatic rings. The predicted octanol–water partition coefficient (Wildman–Crippen LogP) is 1.23. The molecule has 1 aromatic heterocycles. The van der Waals surface area contributed by atoms with E-state index in [9.17, 15) is 0 Å². The summed E-state index contributed by atoms with van der Waals surface area (Å²) in [6, 6.07) is 0. The van der Waals surface area contributed by atoms with Crippen LogP contribution in [0.1, 0.15) is 19.8 Å². The molecule has 0 spiro atoms. The normalized spacial score (nSPS) is 15.8. The largest absolute Gasteiger partial charge is 0.381 e. The molecule has 21 heavy (non-hydrogen) atoms. The number of nitrogens with zero attached hydrogens (tertiary/aromatic N) is 5. The van der Waals surface area contributed by atoms with Crippen LogP contribution in [-0.4, -0.2) is 62.4 Å². The smallest absolute Gasteiger partial charge is 0.231 e. The van der Waals surface area contributed by atoms with Crippen molar-refractivity contribution in [2.24, 2.45) is 5.92 Å². The first-order chi connectivity index (χ1) is 10.1. The summed E-state index contributed by atoms with van der Waals surface area (Å²) in [5.74, 6) is 2.67. The lowest BCUT2D eigenvalue weighted by Gasteiger charge is -2.27. The lowest BCUT2D eigenvalue weighted by molar-refractivity contribution is 0.0684. The maximum absolute atomic E-state index is 5.41. The maximum Gasteiger partial charge on any atom is 0.231 e. The first-order valence-corrected chi connectivity index (χ1v) is 7.56. The lowest BCUT2D eigenvalue weighted by Crippen LogP contribution is -2.31. The van der Waals surface area contributed by atoms with Gasteiger partial charge >= 0.3 is 0 Å². The Labute approximate surface area is 126 Å². The molecular weight excluding hydrogens is 268 g/mol. The summed E-state index contributed by atoms with van der Waals surface area (Å²) in [6.07, 6.45) is 2.21. The number of nitrogens with one attached hydrogen (secondary N) is 1. The first kappa shape index (κ1) is 15.8. The molecule has 7 heteroatoms. The number of hydrogen-bond donors (Lipinski definition) is 1. The summed E-state index contributed by atoms with van der Waals surface area (Å²) in [7, 11) is 5.92. The highest BCUT2D eigenvalue weighted by Crippen LogP contribution is 2.19. The fourth-order valence-corrected chi connectivity index (χ4v) is 2.36. The van der Waals surface area contributed by atoms with Gasteiger partial charge in [0.15, 0.2) is 0 Å². The van der Waals surface area contributed by atoms with Gasteiger partial charge in [0.1, 0.15) is 0 Å². The standard InChI is InChI=1S/C14H26N6O/c1-5-15-12-16-13(19(2)3)18-14(17-12)20(4)10-11-6-8-21-9-7-11/h11H,5-10H2,1-4H3,(H,15,16,17,18). The quantitative estimate of drug-likeness (QED) is 0.846. The average Bonchev–Trinajstić information content (AvgIpc) is 2.48. The molecule has 1 saturated heterocycles. The summed E-state index contributed by atoms with van der Waals surface area (Å²) in [5.41, 5.74) is 0. The number of anilines is 3. The van der Waals surface area contributed by atoms with Crippen LogP contribution >= 0.6 is 0 Å². The van der Waals surface area contributed by atoms with Crippen molar-refractivity contribution in [1.82, 2.24) is 15.0 Å². The van der Waals surface area contributed by atoms with Gasteiger partial charge in [-0.3, -0.25) is 0 Å². The Balaban J connectivity index is 2.12. The summed E-state index contributed by atoms with van der Waals surface area (Å²) in [5, 5.41) is 3.17. The minimum atomic E-state index is 0.630. The van der Waals surface area contributed by atoms with Crippen molar-refractivity contribution in [2.75, 3.05) is 62.6 Å². The van der Waals surface area contributed by atoms with Crippen LogP contribution < -0.4 is 15.1 Å². The highest BCUT2D eigenvalue weighted by Gasteiger charge is 2.18. The molecule has 7 nitrogen and oxygen atoms in total. The number of aromatic nitrogens is 3. The Bertz CT molecular complexity index is 447. The van der Waals surface area contributed by atoms with E-state index in [1.54, 1.807) is 0 Å². The third-order valence-electron chi connectivity index (χ3n) is 3.56. The molecule has 118 valence electrons. The van der Waals surface area contributed by atoms with E-state index in [4.69, 9.17) is 4.74 Å². The second-order valence-electron chi connectivity index (χ2n) is 5.62. The average molecular weight is 294 g/mol. The van der Waals surface area contributed by atoms with Crippen molar-refractivity contribution in [3.8, 4) is 0 Å². The van der Waals surface area contributed by atoms with Crippen molar-refractivity contribution in [2.45, 2.75) is 19.8 Å². The van der Waals surface area contributed by atoms with Crippen LogP contribution in [0.3, 0.4) is 0 Å². The molecule has 0 bridgehead atoms. The summed E-state index contributed by atoms with van der Waals surface area (Å²) < 4.78 is 5.41. The van der Waals surface area contributed by atoms with Crippen molar-refractivity contribution >= 4 is 17.8 Å². The lowest BCUT2D eigenvalue weighted by atomic mass is 10.0. The Kier molecular flexibility index (Phi) is 5.55. The van der Waals surface area contributed by atoms with Crippen LogP contribution in [-0.2, 0) is 4.74 Å². The van der Waals surface area contributed by atoms with E-state index < -0.39 is 0 Å². The number of hydrogen-bond acceptors (Lipinski definition) is 7. The molecule has 1 aromatic rings. The molecule has 1 fully saturated rings. The minimum absolute atomic E-state index is 0.630. The van der Waals surface area contributed by atoms with E-state index in [2.05, 4.69) is 25.2 Å². The molecule has 0 saturated carbocycles. The van der Waals surface area contributed by atoms with Crippen LogP contribution in [0.5, 0.6) is 0 Å². The third-order valence-corrected chi connectivity index (χ3v) is 3.56. The predicted molar refractivity (Wildman–Crippen MR) is 85.1 cm³/mol. The van der Waals surface area contributed by atoms with E-state index >= 15 is 0 Å².